The second kappa shape index (κ2) is 9.95. The zero-order chi connectivity index (χ0) is 15.6. The quantitative estimate of drug-likeness (QED) is 0.637. The van der Waals surface area contributed by atoms with Crippen molar-refractivity contribution in [2.24, 2.45) is 0 Å². The molecule has 21 heavy (non-hydrogen) atoms. The Labute approximate surface area is 127 Å². The molecule has 0 spiro atoms. The molecule has 0 saturated heterocycles. The molecular weight excluding hydrogens is 270 g/mol. The summed E-state index contributed by atoms with van der Waals surface area (Å²) in [7, 11) is 1.67. The van der Waals surface area contributed by atoms with Gasteiger partial charge in [-0.25, -0.2) is 0 Å². The van der Waals surface area contributed by atoms with Crippen LogP contribution in [0.1, 0.15) is 38.5 Å². The highest BCUT2D eigenvalue weighted by Gasteiger charge is 2.12. The van der Waals surface area contributed by atoms with Gasteiger partial charge in [0.1, 0.15) is 5.76 Å². The predicted octanol–water partition coefficient (Wildman–Crippen LogP) is 2.74. The van der Waals surface area contributed by atoms with Crippen LogP contribution in [-0.2, 0) is 27.4 Å². The summed E-state index contributed by atoms with van der Waals surface area (Å²) in [5.74, 6) is 0.946. The number of rotatable bonds is 11. The lowest BCUT2D eigenvalue weighted by molar-refractivity contribution is 0.0481. The Morgan fingerprint density at radius 1 is 1.10 bits per heavy atom. The van der Waals surface area contributed by atoms with Gasteiger partial charge in [-0.2, -0.15) is 0 Å². The minimum Gasteiger partial charge on any atom is -0.468 e. The van der Waals surface area contributed by atoms with Crippen LogP contribution in [0.3, 0.4) is 0 Å². The van der Waals surface area contributed by atoms with Gasteiger partial charge in [-0.3, -0.25) is 0 Å². The van der Waals surface area contributed by atoms with Gasteiger partial charge in [0.25, 0.3) is 0 Å². The first-order valence-corrected chi connectivity index (χ1v) is 7.47. The summed E-state index contributed by atoms with van der Waals surface area (Å²) >= 11 is 0. The lowest BCUT2D eigenvalue weighted by Gasteiger charge is -2.20. The molecule has 0 saturated carbocycles. The molecule has 1 heterocycles. The second-order valence-electron chi connectivity index (χ2n) is 5.98. The lowest BCUT2D eigenvalue weighted by Crippen LogP contribution is -2.35. The fourth-order valence-electron chi connectivity index (χ4n) is 1.69. The SMILES string of the molecule is COCCOCCCOCc1ccoc1CNC(C)(C)C. The molecule has 0 bridgehead atoms. The van der Waals surface area contributed by atoms with Gasteiger partial charge in [-0.15, -0.1) is 0 Å². The normalized spacial score (nSPS) is 12.0. The van der Waals surface area contributed by atoms with Gasteiger partial charge in [0.2, 0.25) is 0 Å². The first-order chi connectivity index (χ1) is 10.0. The standard InChI is InChI=1S/C16H29NO4/c1-16(2,3)17-12-15-14(6-9-21-15)13-20-8-5-7-19-11-10-18-4/h6,9,17H,5,7-8,10-13H2,1-4H3. The van der Waals surface area contributed by atoms with Crippen LogP contribution in [0.15, 0.2) is 16.7 Å². The Hall–Kier alpha value is -0.880. The van der Waals surface area contributed by atoms with E-state index in [-0.39, 0.29) is 5.54 Å². The van der Waals surface area contributed by atoms with E-state index >= 15 is 0 Å². The van der Waals surface area contributed by atoms with Crippen molar-refractivity contribution in [3.8, 4) is 0 Å². The van der Waals surface area contributed by atoms with E-state index in [9.17, 15) is 0 Å². The van der Waals surface area contributed by atoms with Gasteiger partial charge >= 0.3 is 0 Å². The molecule has 0 fully saturated rings. The van der Waals surface area contributed by atoms with Crippen molar-refractivity contribution in [2.75, 3.05) is 33.5 Å². The van der Waals surface area contributed by atoms with Crippen LogP contribution in [0, 0.1) is 0 Å². The Kier molecular flexibility index (Phi) is 8.61. The number of furan rings is 1. The van der Waals surface area contributed by atoms with Gasteiger partial charge in [0, 0.05) is 31.4 Å². The maximum Gasteiger partial charge on any atom is 0.123 e. The van der Waals surface area contributed by atoms with Crippen LogP contribution in [0.2, 0.25) is 0 Å². The largest absolute Gasteiger partial charge is 0.468 e. The van der Waals surface area contributed by atoms with Crippen LogP contribution in [-0.4, -0.2) is 39.1 Å². The molecule has 5 heteroatoms. The Bertz CT molecular complexity index is 371. The zero-order valence-corrected chi connectivity index (χ0v) is 13.7. The molecule has 0 aliphatic rings. The molecule has 0 unspecified atom stereocenters. The van der Waals surface area contributed by atoms with Gasteiger partial charge in [0.05, 0.1) is 32.6 Å². The second-order valence-corrected chi connectivity index (χ2v) is 5.98. The van der Waals surface area contributed by atoms with Gasteiger partial charge in [-0.05, 0) is 33.3 Å². The van der Waals surface area contributed by atoms with Crippen molar-refractivity contribution in [1.29, 1.82) is 0 Å². The maximum atomic E-state index is 5.66. The number of nitrogens with one attached hydrogen (secondary N) is 1. The summed E-state index contributed by atoms with van der Waals surface area (Å²) in [6.07, 6.45) is 2.60. The van der Waals surface area contributed by atoms with Crippen LogP contribution in [0.4, 0.5) is 0 Å². The third-order valence-electron chi connectivity index (χ3n) is 2.88. The Balaban J connectivity index is 2.14. The molecule has 0 amide bonds. The first kappa shape index (κ1) is 18.2. The summed E-state index contributed by atoms with van der Waals surface area (Å²) < 4.78 is 21.4. The molecule has 0 aliphatic carbocycles. The van der Waals surface area contributed by atoms with Crippen molar-refractivity contribution in [1.82, 2.24) is 5.32 Å². The molecule has 0 atom stereocenters. The van der Waals surface area contributed by atoms with E-state index in [1.54, 1.807) is 13.4 Å². The summed E-state index contributed by atoms with van der Waals surface area (Å²) in [6, 6.07) is 1.97. The summed E-state index contributed by atoms with van der Waals surface area (Å²) in [5.41, 5.74) is 1.18. The predicted molar refractivity (Wildman–Crippen MR) is 82.3 cm³/mol. The molecule has 1 rings (SSSR count). The molecule has 0 aromatic carbocycles. The highest BCUT2D eigenvalue weighted by molar-refractivity contribution is 5.16. The van der Waals surface area contributed by atoms with E-state index in [4.69, 9.17) is 18.6 Å². The van der Waals surface area contributed by atoms with E-state index in [2.05, 4.69) is 26.1 Å². The van der Waals surface area contributed by atoms with E-state index in [1.165, 1.54) is 0 Å². The summed E-state index contributed by atoms with van der Waals surface area (Å²) in [6.45, 7) is 10.4. The maximum absolute atomic E-state index is 5.66. The fraction of sp³-hybridized carbons (Fsp3) is 0.750. The minimum atomic E-state index is 0.0739. The Morgan fingerprint density at radius 2 is 1.86 bits per heavy atom. The highest BCUT2D eigenvalue weighted by Crippen LogP contribution is 2.13. The smallest absolute Gasteiger partial charge is 0.123 e. The lowest BCUT2D eigenvalue weighted by atomic mass is 10.1. The molecule has 0 radical (unpaired) electrons. The van der Waals surface area contributed by atoms with Crippen molar-refractivity contribution in [3.63, 3.8) is 0 Å². The third-order valence-corrected chi connectivity index (χ3v) is 2.88. The monoisotopic (exact) mass is 299 g/mol. The summed E-state index contributed by atoms with van der Waals surface area (Å²) in [5, 5.41) is 3.41. The first-order valence-electron chi connectivity index (χ1n) is 7.47. The van der Waals surface area contributed by atoms with Crippen LogP contribution in [0.25, 0.3) is 0 Å². The van der Waals surface area contributed by atoms with Crippen molar-refractivity contribution in [2.45, 2.75) is 45.9 Å². The van der Waals surface area contributed by atoms with Crippen LogP contribution >= 0.6 is 0 Å². The van der Waals surface area contributed by atoms with Crippen LogP contribution < -0.4 is 5.32 Å². The van der Waals surface area contributed by atoms with Crippen molar-refractivity contribution in [3.05, 3.63) is 23.7 Å². The molecular formula is C16H29NO4. The average molecular weight is 299 g/mol. The highest BCUT2D eigenvalue weighted by atomic mass is 16.5. The van der Waals surface area contributed by atoms with Crippen molar-refractivity contribution < 1.29 is 18.6 Å². The molecule has 5 nitrogen and oxygen atoms in total. The number of methoxy groups -OCH3 is 1. The summed E-state index contributed by atoms with van der Waals surface area (Å²) in [4.78, 5) is 0. The third kappa shape index (κ3) is 8.88. The average Bonchev–Trinajstić information content (AvgIpc) is 2.86. The number of hydrogen-bond acceptors (Lipinski definition) is 5. The van der Waals surface area contributed by atoms with E-state index < -0.39 is 0 Å². The molecule has 1 aromatic rings. The van der Waals surface area contributed by atoms with Gasteiger partial charge < -0.3 is 23.9 Å². The zero-order valence-electron chi connectivity index (χ0n) is 13.7. The minimum absolute atomic E-state index is 0.0739. The molecule has 122 valence electrons. The number of ether oxygens (including phenoxy) is 3. The topological polar surface area (TPSA) is 52.9 Å². The molecule has 0 aliphatic heterocycles. The molecule has 1 aromatic heterocycles. The number of hydrogen-bond donors (Lipinski definition) is 1. The van der Waals surface area contributed by atoms with E-state index in [0.29, 0.717) is 33.0 Å². The fourth-order valence-corrected chi connectivity index (χ4v) is 1.69. The van der Waals surface area contributed by atoms with Gasteiger partial charge in [-0.1, -0.05) is 0 Å². The van der Waals surface area contributed by atoms with E-state index in [0.717, 1.165) is 24.3 Å². The Morgan fingerprint density at radius 3 is 2.57 bits per heavy atom. The molecule has 1 N–H and O–H groups in total. The van der Waals surface area contributed by atoms with Crippen molar-refractivity contribution >= 4 is 0 Å². The van der Waals surface area contributed by atoms with Crippen LogP contribution in [0.5, 0.6) is 0 Å². The van der Waals surface area contributed by atoms with E-state index in [1.807, 2.05) is 6.07 Å². The van der Waals surface area contributed by atoms with Gasteiger partial charge in [0.15, 0.2) is 0 Å².